The first kappa shape index (κ1) is 22.2. The van der Waals surface area contributed by atoms with E-state index in [1.807, 2.05) is 48.5 Å². The van der Waals surface area contributed by atoms with Crippen molar-refractivity contribution in [2.45, 2.75) is 24.1 Å². The number of thioether (sulfide) groups is 1. The van der Waals surface area contributed by atoms with Crippen LogP contribution in [-0.4, -0.2) is 21.2 Å². The summed E-state index contributed by atoms with van der Waals surface area (Å²) in [5.41, 5.74) is 2.01. The molecule has 2 aromatic carbocycles. The lowest BCUT2D eigenvalue weighted by molar-refractivity contribution is -0.116. The second-order valence-corrected chi connectivity index (χ2v) is 8.84. The van der Waals surface area contributed by atoms with E-state index in [4.69, 9.17) is 16.3 Å². The lowest BCUT2D eigenvalue weighted by Crippen LogP contribution is -2.33. The van der Waals surface area contributed by atoms with Crippen molar-refractivity contribution in [3.8, 4) is 5.75 Å². The molecule has 0 radical (unpaired) electrons. The van der Waals surface area contributed by atoms with Gasteiger partial charge in [-0.1, -0.05) is 53.7 Å². The van der Waals surface area contributed by atoms with Crippen molar-refractivity contribution < 1.29 is 9.53 Å². The Hall–Kier alpha value is -3.03. The molecule has 164 valence electrons. The Bertz CT molecular complexity index is 1220. The molecule has 32 heavy (non-hydrogen) atoms. The van der Waals surface area contributed by atoms with E-state index < -0.39 is 0 Å². The second kappa shape index (κ2) is 9.63. The quantitative estimate of drug-likeness (QED) is 0.308. The van der Waals surface area contributed by atoms with E-state index in [1.165, 1.54) is 11.8 Å². The van der Waals surface area contributed by atoms with E-state index in [1.54, 1.807) is 17.7 Å². The van der Waals surface area contributed by atoms with Gasteiger partial charge in [-0.15, -0.1) is 6.58 Å². The van der Waals surface area contributed by atoms with Gasteiger partial charge in [0.05, 0.1) is 5.56 Å². The molecule has 4 rings (SSSR count). The van der Waals surface area contributed by atoms with Gasteiger partial charge in [0, 0.05) is 30.2 Å². The summed E-state index contributed by atoms with van der Waals surface area (Å²) in [4.78, 5) is 29.6. The number of anilines is 1. The second-order valence-electron chi connectivity index (χ2n) is 7.41. The third kappa shape index (κ3) is 4.74. The van der Waals surface area contributed by atoms with Crippen LogP contribution in [0.3, 0.4) is 0 Å². The Kier molecular flexibility index (Phi) is 6.67. The summed E-state index contributed by atoms with van der Waals surface area (Å²) >= 11 is 7.42. The highest BCUT2D eigenvalue weighted by atomic mass is 35.5. The molecular weight excluding hydrogens is 446 g/mol. The normalized spacial score (nSPS) is 15.1. The van der Waals surface area contributed by atoms with Crippen molar-refractivity contribution in [3.05, 3.63) is 93.3 Å². The molecule has 1 aliphatic rings. The molecule has 1 N–H and O–H groups in total. The number of hydrogen-bond acceptors (Lipinski definition) is 5. The molecule has 0 bridgehead atoms. The topological polar surface area (TPSA) is 73.2 Å². The molecule has 1 aromatic heterocycles. The average Bonchev–Trinajstić information content (AvgIpc) is 2.79. The number of carbonyl (C=O) groups excluding carboxylic acids is 1. The minimum Gasteiger partial charge on any atom is -0.489 e. The highest BCUT2D eigenvalue weighted by Gasteiger charge is 2.32. The van der Waals surface area contributed by atoms with E-state index in [9.17, 15) is 9.59 Å². The number of hydrogen-bond donors (Lipinski definition) is 1. The largest absolute Gasteiger partial charge is 0.489 e. The van der Waals surface area contributed by atoms with Gasteiger partial charge in [0.15, 0.2) is 5.16 Å². The van der Waals surface area contributed by atoms with Crippen LogP contribution < -0.4 is 15.6 Å². The molecule has 6 nitrogen and oxygen atoms in total. The van der Waals surface area contributed by atoms with Crippen molar-refractivity contribution in [1.29, 1.82) is 0 Å². The van der Waals surface area contributed by atoms with Gasteiger partial charge < -0.3 is 14.6 Å². The molecule has 0 aliphatic carbocycles. The first-order valence-corrected chi connectivity index (χ1v) is 11.4. The molecule has 0 spiro atoms. The number of aromatic nitrogens is 2. The van der Waals surface area contributed by atoms with Gasteiger partial charge in [0.1, 0.15) is 18.2 Å². The molecule has 3 aromatic rings. The highest BCUT2D eigenvalue weighted by molar-refractivity contribution is 7.99. The Balaban J connectivity index is 1.59. The van der Waals surface area contributed by atoms with Crippen LogP contribution in [0.25, 0.3) is 0 Å². The zero-order valence-electron chi connectivity index (χ0n) is 17.5. The lowest BCUT2D eigenvalue weighted by atomic mass is 9.87. The molecule has 1 aliphatic heterocycles. The van der Waals surface area contributed by atoms with Crippen molar-refractivity contribution in [2.75, 3.05) is 11.1 Å². The zero-order valence-corrected chi connectivity index (χ0v) is 19.1. The Labute approximate surface area is 195 Å². The summed E-state index contributed by atoms with van der Waals surface area (Å²) in [7, 11) is 1.80. The van der Waals surface area contributed by atoms with Crippen LogP contribution in [-0.2, 0) is 18.4 Å². The maximum atomic E-state index is 12.9. The minimum absolute atomic E-state index is 0.135. The average molecular weight is 468 g/mol. The molecule has 0 unspecified atom stereocenters. The Morgan fingerprint density at radius 2 is 2.06 bits per heavy atom. The van der Waals surface area contributed by atoms with Gasteiger partial charge in [-0.05, 0) is 35.4 Å². The first-order chi connectivity index (χ1) is 15.5. The van der Waals surface area contributed by atoms with Gasteiger partial charge in [-0.2, -0.15) is 4.98 Å². The van der Waals surface area contributed by atoms with Crippen LogP contribution in [0.15, 0.2) is 71.1 Å². The van der Waals surface area contributed by atoms with Crippen LogP contribution in [0.5, 0.6) is 5.75 Å². The van der Waals surface area contributed by atoms with E-state index >= 15 is 0 Å². The van der Waals surface area contributed by atoms with Gasteiger partial charge in [0.2, 0.25) is 5.91 Å². The van der Waals surface area contributed by atoms with E-state index in [-0.39, 0.29) is 23.8 Å². The maximum Gasteiger partial charge on any atom is 0.279 e. The van der Waals surface area contributed by atoms with E-state index in [2.05, 4.69) is 16.9 Å². The minimum atomic E-state index is -0.370. The van der Waals surface area contributed by atoms with E-state index in [0.717, 1.165) is 11.1 Å². The van der Waals surface area contributed by atoms with Crippen LogP contribution in [0.2, 0.25) is 5.02 Å². The van der Waals surface area contributed by atoms with Crippen molar-refractivity contribution in [1.82, 2.24) is 9.55 Å². The Morgan fingerprint density at radius 1 is 1.28 bits per heavy atom. The number of halogens is 1. The van der Waals surface area contributed by atoms with Gasteiger partial charge in [-0.25, -0.2) is 0 Å². The van der Waals surface area contributed by atoms with Crippen molar-refractivity contribution >= 4 is 35.1 Å². The molecule has 1 amide bonds. The number of rotatable bonds is 7. The van der Waals surface area contributed by atoms with Crippen LogP contribution in [0, 0.1) is 0 Å². The van der Waals surface area contributed by atoms with Crippen LogP contribution in [0.1, 0.15) is 29.0 Å². The smallest absolute Gasteiger partial charge is 0.279 e. The first-order valence-electron chi connectivity index (χ1n) is 10.1. The predicted molar refractivity (Wildman–Crippen MR) is 128 cm³/mol. The summed E-state index contributed by atoms with van der Waals surface area (Å²) in [5.74, 6) is 1.30. The predicted octanol–water partition coefficient (Wildman–Crippen LogP) is 4.76. The van der Waals surface area contributed by atoms with Crippen LogP contribution >= 0.6 is 23.4 Å². The summed E-state index contributed by atoms with van der Waals surface area (Å²) in [6, 6.07) is 15.0. The summed E-state index contributed by atoms with van der Waals surface area (Å²) in [6.45, 7) is 4.09. The summed E-state index contributed by atoms with van der Waals surface area (Å²) in [5, 5.41) is 4.05. The fourth-order valence-corrected chi connectivity index (χ4v) is 4.58. The highest BCUT2D eigenvalue weighted by Crippen LogP contribution is 2.36. The molecule has 0 saturated heterocycles. The molecular formula is C24H22ClN3O3S. The molecule has 0 saturated carbocycles. The molecule has 0 fully saturated rings. The van der Waals surface area contributed by atoms with Crippen molar-refractivity contribution in [2.24, 2.45) is 7.05 Å². The molecule has 8 heteroatoms. The van der Waals surface area contributed by atoms with Crippen LogP contribution in [0.4, 0.5) is 5.82 Å². The fraction of sp³-hybridized carbons (Fsp3) is 0.208. The molecule has 1 atom stereocenters. The maximum absolute atomic E-state index is 12.9. The number of fused-ring (bicyclic) bond motifs is 1. The summed E-state index contributed by atoms with van der Waals surface area (Å²) in [6.07, 6.45) is 1.93. The van der Waals surface area contributed by atoms with E-state index in [0.29, 0.717) is 39.7 Å². The third-order valence-electron chi connectivity index (χ3n) is 5.21. The number of carbonyl (C=O) groups is 1. The van der Waals surface area contributed by atoms with Gasteiger partial charge in [0.25, 0.3) is 5.56 Å². The zero-order chi connectivity index (χ0) is 22.7. The number of nitrogens with zero attached hydrogens (tertiary/aromatic N) is 2. The number of ether oxygens (including phenoxy) is 1. The molecule has 2 heterocycles. The fourth-order valence-electron chi connectivity index (χ4n) is 3.67. The number of amides is 1. The third-order valence-corrected chi connectivity index (χ3v) is 6.47. The lowest BCUT2D eigenvalue weighted by Gasteiger charge is -2.27. The number of nitrogens with one attached hydrogen (secondary N) is 1. The monoisotopic (exact) mass is 467 g/mol. The van der Waals surface area contributed by atoms with Gasteiger partial charge in [-0.3, -0.25) is 9.59 Å². The SMILES string of the molecule is C=CCSc1nc(=O)c2c(n1C)NC(=O)C[C@@H]2c1ccc(OCc2cccc(Cl)c2)cc1. The summed E-state index contributed by atoms with van der Waals surface area (Å²) < 4.78 is 7.61. The van der Waals surface area contributed by atoms with Gasteiger partial charge >= 0.3 is 0 Å². The van der Waals surface area contributed by atoms with Crippen molar-refractivity contribution in [3.63, 3.8) is 0 Å². The Morgan fingerprint density at radius 3 is 2.78 bits per heavy atom. The standard InChI is InChI=1S/C24H22ClN3O3S/c1-3-11-32-24-27-23(30)21-19(13-20(29)26-22(21)28(24)2)16-7-9-18(10-8-16)31-14-15-5-4-6-17(25)12-15/h3-10,12,19H,1,11,13-14H2,2H3,(H,26,29)/t19-/m1/s1. The number of benzene rings is 2.